The highest BCUT2D eigenvalue weighted by atomic mass is 79.9. The minimum absolute atomic E-state index is 0.289. The lowest BCUT2D eigenvalue weighted by molar-refractivity contribution is 0.627. The van der Waals surface area contributed by atoms with Crippen LogP contribution < -0.4 is 5.73 Å². The van der Waals surface area contributed by atoms with E-state index in [1.807, 2.05) is 0 Å². The lowest BCUT2D eigenvalue weighted by Gasteiger charge is -2.11. The molecule has 1 heterocycles. The zero-order chi connectivity index (χ0) is 14.1. The summed E-state index contributed by atoms with van der Waals surface area (Å²) in [4.78, 5) is 9.05. The SMILES string of the molecule is Nc1nc(-c2ccc(F)cc2Br)nc2c1CCCCC2. The van der Waals surface area contributed by atoms with Gasteiger partial charge in [0.25, 0.3) is 0 Å². The Morgan fingerprint density at radius 2 is 1.90 bits per heavy atom. The number of nitrogens with two attached hydrogens (primary N) is 1. The number of benzene rings is 1. The third-order valence-corrected chi connectivity index (χ3v) is 4.29. The van der Waals surface area contributed by atoms with Gasteiger partial charge in [0.05, 0.1) is 0 Å². The van der Waals surface area contributed by atoms with Gasteiger partial charge in [-0.2, -0.15) is 0 Å². The lowest BCUT2D eigenvalue weighted by Crippen LogP contribution is -2.06. The number of aromatic nitrogens is 2. The number of fused-ring (bicyclic) bond motifs is 1. The van der Waals surface area contributed by atoms with Crippen molar-refractivity contribution in [3.63, 3.8) is 0 Å². The summed E-state index contributed by atoms with van der Waals surface area (Å²) in [7, 11) is 0. The molecule has 3 nitrogen and oxygen atoms in total. The van der Waals surface area contributed by atoms with Crippen molar-refractivity contribution in [3.8, 4) is 11.4 Å². The van der Waals surface area contributed by atoms with Crippen LogP contribution in [0.1, 0.15) is 30.5 Å². The highest BCUT2D eigenvalue weighted by Gasteiger charge is 2.17. The van der Waals surface area contributed by atoms with Gasteiger partial charge in [0.1, 0.15) is 11.6 Å². The van der Waals surface area contributed by atoms with Crippen molar-refractivity contribution >= 4 is 21.7 Å². The lowest BCUT2D eigenvalue weighted by atomic mass is 10.1. The van der Waals surface area contributed by atoms with Gasteiger partial charge in [-0.05, 0) is 59.8 Å². The first-order valence-corrected chi connectivity index (χ1v) is 7.55. The van der Waals surface area contributed by atoms with Crippen molar-refractivity contribution in [1.29, 1.82) is 0 Å². The number of nitrogens with zero attached hydrogens (tertiary/aromatic N) is 2. The summed E-state index contributed by atoms with van der Waals surface area (Å²) in [5.41, 5.74) is 8.99. The minimum atomic E-state index is -0.289. The molecule has 104 valence electrons. The fraction of sp³-hybridized carbons (Fsp3) is 0.333. The molecular weight excluding hydrogens is 321 g/mol. The minimum Gasteiger partial charge on any atom is -0.383 e. The van der Waals surface area contributed by atoms with Crippen LogP contribution in [0.25, 0.3) is 11.4 Å². The molecule has 0 saturated carbocycles. The molecule has 0 unspecified atom stereocenters. The molecule has 2 aromatic rings. The summed E-state index contributed by atoms with van der Waals surface area (Å²) in [6.45, 7) is 0. The second-order valence-corrected chi connectivity index (χ2v) is 5.90. The summed E-state index contributed by atoms with van der Waals surface area (Å²) in [5.74, 6) is 0.835. The maximum absolute atomic E-state index is 13.2. The van der Waals surface area contributed by atoms with E-state index in [1.165, 1.54) is 18.6 Å². The van der Waals surface area contributed by atoms with Crippen LogP contribution in [0.3, 0.4) is 0 Å². The molecule has 0 bridgehead atoms. The Hall–Kier alpha value is -1.49. The molecular formula is C15H15BrFN3. The number of rotatable bonds is 1. The number of halogens is 2. The molecule has 0 fully saturated rings. The van der Waals surface area contributed by atoms with Crippen molar-refractivity contribution < 1.29 is 4.39 Å². The van der Waals surface area contributed by atoms with Crippen LogP contribution in [0, 0.1) is 5.82 Å². The molecule has 1 aromatic heterocycles. The van der Waals surface area contributed by atoms with Gasteiger partial charge < -0.3 is 5.73 Å². The predicted molar refractivity (Wildman–Crippen MR) is 80.8 cm³/mol. The first-order valence-electron chi connectivity index (χ1n) is 6.76. The molecule has 0 aliphatic heterocycles. The molecule has 3 rings (SSSR count). The monoisotopic (exact) mass is 335 g/mol. The fourth-order valence-corrected chi connectivity index (χ4v) is 3.12. The Balaban J connectivity index is 2.11. The molecule has 1 aliphatic carbocycles. The van der Waals surface area contributed by atoms with Gasteiger partial charge in [0.15, 0.2) is 5.82 Å². The topological polar surface area (TPSA) is 51.8 Å². The van der Waals surface area contributed by atoms with E-state index in [-0.39, 0.29) is 5.82 Å². The maximum atomic E-state index is 13.2. The summed E-state index contributed by atoms with van der Waals surface area (Å²) < 4.78 is 13.8. The number of hydrogen-bond donors (Lipinski definition) is 1. The van der Waals surface area contributed by atoms with E-state index in [0.717, 1.165) is 42.5 Å². The van der Waals surface area contributed by atoms with Crippen LogP contribution in [0.2, 0.25) is 0 Å². The number of anilines is 1. The fourth-order valence-electron chi connectivity index (χ4n) is 2.59. The third kappa shape index (κ3) is 2.54. The molecule has 2 N–H and O–H groups in total. The van der Waals surface area contributed by atoms with Crippen LogP contribution in [0.15, 0.2) is 22.7 Å². The zero-order valence-electron chi connectivity index (χ0n) is 11.0. The average Bonchev–Trinajstić information content (AvgIpc) is 2.64. The van der Waals surface area contributed by atoms with E-state index < -0.39 is 0 Å². The first-order chi connectivity index (χ1) is 9.65. The summed E-state index contributed by atoms with van der Waals surface area (Å²) >= 11 is 3.36. The Kier molecular flexibility index (Phi) is 3.70. The average molecular weight is 336 g/mol. The van der Waals surface area contributed by atoms with Gasteiger partial charge in [-0.1, -0.05) is 6.42 Å². The van der Waals surface area contributed by atoms with Crippen molar-refractivity contribution in [3.05, 3.63) is 39.7 Å². The second kappa shape index (κ2) is 5.48. The molecule has 5 heteroatoms. The predicted octanol–water partition coefficient (Wildman–Crippen LogP) is 3.90. The molecule has 0 saturated heterocycles. The Morgan fingerprint density at radius 3 is 2.70 bits per heavy atom. The van der Waals surface area contributed by atoms with Gasteiger partial charge in [-0.15, -0.1) is 0 Å². The highest BCUT2D eigenvalue weighted by molar-refractivity contribution is 9.10. The van der Waals surface area contributed by atoms with Gasteiger partial charge >= 0.3 is 0 Å². The van der Waals surface area contributed by atoms with Crippen LogP contribution in [-0.2, 0) is 12.8 Å². The van der Waals surface area contributed by atoms with Gasteiger partial charge in [0.2, 0.25) is 0 Å². The van der Waals surface area contributed by atoms with E-state index >= 15 is 0 Å². The maximum Gasteiger partial charge on any atom is 0.162 e. The van der Waals surface area contributed by atoms with Crippen molar-refractivity contribution in [2.24, 2.45) is 0 Å². The molecule has 1 aromatic carbocycles. The highest BCUT2D eigenvalue weighted by Crippen LogP contribution is 2.30. The summed E-state index contributed by atoms with van der Waals surface area (Å²) in [6.07, 6.45) is 5.36. The van der Waals surface area contributed by atoms with Crippen LogP contribution in [-0.4, -0.2) is 9.97 Å². The van der Waals surface area contributed by atoms with Crippen LogP contribution >= 0.6 is 15.9 Å². The molecule has 20 heavy (non-hydrogen) atoms. The molecule has 1 aliphatic rings. The number of aryl methyl sites for hydroxylation is 1. The third-order valence-electron chi connectivity index (χ3n) is 3.64. The smallest absolute Gasteiger partial charge is 0.162 e. The van der Waals surface area contributed by atoms with Crippen molar-refractivity contribution in [2.75, 3.05) is 5.73 Å². The van der Waals surface area contributed by atoms with Gasteiger partial charge in [-0.25, -0.2) is 14.4 Å². The molecule has 0 atom stereocenters. The van der Waals surface area contributed by atoms with E-state index in [2.05, 4.69) is 25.9 Å². The normalized spacial score (nSPS) is 14.7. The summed E-state index contributed by atoms with van der Waals surface area (Å²) in [5, 5.41) is 0. The van der Waals surface area contributed by atoms with E-state index in [4.69, 9.17) is 5.73 Å². The van der Waals surface area contributed by atoms with E-state index in [0.29, 0.717) is 16.1 Å². The summed E-state index contributed by atoms with van der Waals surface area (Å²) in [6, 6.07) is 4.50. The van der Waals surface area contributed by atoms with E-state index in [1.54, 1.807) is 6.07 Å². The molecule has 0 spiro atoms. The largest absolute Gasteiger partial charge is 0.383 e. The Labute approximate surface area is 125 Å². The van der Waals surface area contributed by atoms with E-state index in [9.17, 15) is 4.39 Å². The number of nitrogen functional groups attached to an aromatic ring is 1. The Bertz CT molecular complexity index is 658. The second-order valence-electron chi connectivity index (χ2n) is 5.04. The van der Waals surface area contributed by atoms with Crippen molar-refractivity contribution in [1.82, 2.24) is 9.97 Å². The van der Waals surface area contributed by atoms with Crippen LogP contribution in [0.4, 0.5) is 10.2 Å². The van der Waals surface area contributed by atoms with Gasteiger partial charge in [0, 0.05) is 21.3 Å². The molecule has 0 radical (unpaired) electrons. The Morgan fingerprint density at radius 1 is 1.10 bits per heavy atom. The quantitative estimate of drug-likeness (QED) is 0.804. The van der Waals surface area contributed by atoms with Crippen molar-refractivity contribution in [2.45, 2.75) is 32.1 Å². The van der Waals surface area contributed by atoms with Crippen LogP contribution in [0.5, 0.6) is 0 Å². The standard InChI is InChI=1S/C15H15BrFN3/c16-12-8-9(17)6-7-10(12)15-19-13-5-3-1-2-4-11(13)14(18)20-15/h6-8H,1-5H2,(H2,18,19,20). The first kappa shape index (κ1) is 13.5. The zero-order valence-corrected chi connectivity index (χ0v) is 12.6. The molecule has 0 amide bonds. The number of hydrogen-bond acceptors (Lipinski definition) is 3. The van der Waals surface area contributed by atoms with Gasteiger partial charge in [-0.3, -0.25) is 0 Å².